The van der Waals surface area contributed by atoms with Crippen molar-refractivity contribution in [1.29, 1.82) is 0 Å². The molecule has 322 valence electrons. The number of H-pyrrole nitrogens is 1. The van der Waals surface area contributed by atoms with Crippen molar-refractivity contribution in [2.24, 2.45) is 11.3 Å². The van der Waals surface area contributed by atoms with E-state index in [2.05, 4.69) is 39.1 Å². The van der Waals surface area contributed by atoms with E-state index in [-0.39, 0.29) is 12.0 Å². The Morgan fingerprint density at radius 1 is 0.950 bits per heavy atom. The number of aromatic amines is 1. The number of methoxy groups -OCH3 is 3. The molecule has 10 atom stereocenters. The van der Waals surface area contributed by atoms with Crippen LogP contribution in [0.4, 0.5) is 5.69 Å². The number of rotatable bonds is 7. The van der Waals surface area contributed by atoms with E-state index in [4.69, 9.17) is 18.9 Å². The van der Waals surface area contributed by atoms with Crippen LogP contribution in [-0.4, -0.2) is 133 Å². The zero-order valence-electron chi connectivity index (χ0n) is 36.0. The fourth-order valence-corrected chi connectivity index (χ4v) is 13.7. The van der Waals surface area contributed by atoms with Crippen LogP contribution in [0.3, 0.4) is 0 Å². The Morgan fingerprint density at radius 2 is 1.72 bits per heavy atom. The van der Waals surface area contributed by atoms with Gasteiger partial charge < -0.3 is 43.9 Å². The molecule has 3 unspecified atom stereocenters. The smallest absolute Gasteiger partial charge is 0.344 e. The first-order valence-electron chi connectivity index (χ1n) is 21.7. The molecule has 13 nitrogen and oxygen atoms in total. The number of carbonyl (C=O) groups is 3. The van der Waals surface area contributed by atoms with Gasteiger partial charge in [0.15, 0.2) is 6.10 Å². The van der Waals surface area contributed by atoms with Gasteiger partial charge >= 0.3 is 17.9 Å². The van der Waals surface area contributed by atoms with E-state index in [1.807, 2.05) is 50.1 Å². The lowest BCUT2D eigenvalue weighted by molar-refractivity contribution is -0.228. The van der Waals surface area contributed by atoms with Gasteiger partial charge in [-0.2, -0.15) is 0 Å². The van der Waals surface area contributed by atoms with Gasteiger partial charge in [0.05, 0.1) is 33.0 Å². The van der Waals surface area contributed by atoms with Gasteiger partial charge in [0.1, 0.15) is 11.2 Å². The Hall–Kier alpha value is -4.43. The highest BCUT2D eigenvalue weighted by molar-refractivity contribution is 5.95. The fourth-order valence-electron chi connectivity index (χ4n) is 13.7. The van der Waals surface area contributed by atoms with E-state index in [9.17, 15) is 19.8 Å². The van der Waals surface area contributed by atoms with Crippen molar-refractivity contribution in [3.05, 3.63) is 70.9 Å². The minimum atomic E-state index is -2.30. The molecule has 1 aromatic heterocycles. The highest BCUT2D eigenvalue weighted by Gasteiger charge is 2.80. The number of para-hydroxylation sites is 1. The Balaban J connectivity index is 1.37. The number of aliphatic hydroxyl groups is 2. The molecule has 1 saturated carbocycles. The summed E-state index contributed by atoms with van der Waals surface area (Å²) < 4.78 is 24.0. The third kappa shape index (κ3) is 5.34. The number of piperidine rings is 1. The van der Waals surface area contributed by atoms with Gasteiger partial charge in [-0.05, 0) is 87.2 Å². The van der Waals surface area contributed by atoms with Crippen molar-refractivity contribution in [3.63, 3.8) is 0 Å². The standard InChI is InChI=1S/C47H60N4O9/c1-8-43(55)24-29-25-46(41(53)58-6,37-31(15-12-19-50(26-29)27-43)30-14-10-11-16-34(30)48-37)33-22-32-35(23-36(33)57-5)49(4)39-45(32)18-21-51-20-13-17-44(9-2,38(45)51)40(60-28(3)52)47(39,56)42(54)59-7/h10-11,13-14,16-17,22-23,29,38-40,48,55-56H,8-9,12,15,18-21,24-27H2,1-7H3/t29-,38+,39-,40-,43+,44-,45?,46?,47+/m1/s1. The second-order valence-corrected chi connectivity index (χ2v) is 18.6. The van der Waals surface area contributed by atoms with E-state index in [1.54, 1.807) is 7.11 Å². The largest absolute Gasteiger partial charge is 0.496 e. The lowest BCUT2D eigenvalue weighted by atomic mass is 9.47. The molecule has 2 saturated heterocycles. The van der Waals surface area contributed by atoms with Gasteiger partial charge in [-0.15, -0.1) is 0 Å². The molecule has 0 radical (unpaired) electrons. The monoisotopic (exact) mass is 824 g/mol. The van der Waals surface area contributed by atoms with Gasteiger partial charge in [-0.1, -0.05) is 44.2 Å². The summed E-state index contributed by atoms with van der Waals surface area (Å²) in [5, 5.41) is 26.4. The van der Waals surface area contributed by atoms with Crippen molar-refractivity contribution in [1.82, 2.24) is 14.8 Å². The molecule has 3 aromatic rings. The molecule has 3 N–H and O–H groups in total. The fraction of sp³-hybridized carbons (Fsp3) is 0.596. The van der Waals surface area contributed by atoms with Gasteiger partial charge in [-0.3, -0.25) is 14.5 Å². The molecular weight excluding hydrogens is 765 g/mol. The molecule has 3 fully saturated rings. The number of nitrogens with zero attached hydrogens (tertiary/aromatic N) is 3. The number of benzene rings is 2. The number of anilines is 1. The number of aromatic nitrogens is 1. The number of hydrogen-bond acceptors (Lipinski definition) is 12. The van der Waals surface area contributed by atoms with E-state index < -0.39 is 57.5 Å². The zero-order chi connectivity index (χ0) is 42.6. The van der Waals surface area contributed by atoms with Crippen LogP contribution in [0.25, 0.3) is 10.9 Å². The molecule has 1 aliphatic carbocycles. The van der Waals surface area contributed by atoms with Gasteiger partial charge in [-0.25, -0.2) is 4.79 Å². The lowest BCUT2D eigenvalue weighted by Crippen LogP contribution is -2.81. The normalized spacial score (nSPS) is 36.8. The predicted octanol–water partition coefficient (Wildman–Crippen LogP) is 4.38. The quantitative estimate of drug-likeness (QED) is 0.176. The van der Waals surface area contributed by atoms with Gasteiger partial charge in [0, 0.05) is 84.4 Å². The van der Waals surface area contributed by atoms with Gasteiger partial charge in [0.2, 0.25) is 5.60 Å². The zero-order valence-corrected chi connectivity index (χ0v) is 36.0. The number of aryl methyl sites for hydroxylation is 1. The summed E-state index contributed by atoms with van der Waals surface area (Å²) in [4.78, 5) is 53.3. The molecule has 6 heterocycles. The Morgan fingerprint density at radius 3 is 2.42 bits per heavy atom. The number of likely N-dealkylation sites (N-methyl/N-ethyl adjacent to an activating group) is 1. The number of nitrogens with one attached hydrogen (secondary N) is 1. The summed E-state index contributed by atoms with van der Waals surface area (Å²) in [5.41, 5.74) is -1.58. The molecule has 0 amide bonds. The second-order valence-electron chi connectivity index (χ2n) is 18.6. The molecule has 2 bridgehead atoms. The van der Waals surface area contributed by atoms with Crippen molar-refractivity contribution in [2.45, 2.75) is 106 Å². The summed E-state index contributed by atoms with van der Waals surface area (Å²) in [5.74, 6) is -1.56. The minimum Gasteiger partial charge on any atom is -0.496 e. The average Bonchev–Trinajstić information content (AvgIpc) is 3.90. The molecular formula is C47H60N4O9. The summed E-state index contributed by atoms with van der Waals surface area (Å²) in [7, 11) is 6.17. The molecule has 2 aromatic carbocycles. The van der Waals surface area contributed by atoms with Crippen molar-refractivity contribution >= 4 is 34.5 Å². The number of carbonyl (C=O) groups excluding carboxylic acids is 3. The Labute approximate surface area is 352 Å². The van der Waals surface area contributed by atoms with Crippen LogP contribution < -0.4 is 9.64 Å². The van der Waals surface area contributed by atoms with Crippen molar-refractivity contribution in [3.8, 4) is 5.75 Å². The molecule has 13 heteroatoms. The SMILES string of the molecule is CC[C@]1(O)C[C@H]2CN(CCCc3c([nH]c4ccccc34)C(C(=O)OC)(c3cc4c(cc3OC)N(C)[C@@H]3C45CCN4CC=C[C@](CC)([C@H]45)[C@@H](OC(C)=O)[C@]3(O)C(=O)OC)C2)C1. The van der Waals surface area contributed by atoms with Crippen LogP contribution in [0.5, 0.6) is 5.75 Å². The third-order valence-electron chi connectivity index (χ3n) is 15.8. The van der Waals surface area contributed by atoms with Crippen LogP contribution in [0.2, 0.25) is 0 Å². The minimum absolute atomic E-state index is 0.103. The first-order valence-corrected chi connectivity index (χ1v) is 21.7. The highest BCUT2D eigenvalue weighted by Crippen LogP contribution is 2.68. The predicted molar refractivity (Wildman–Crippen MR) is 225 cm³/mol. The van der Waals surface area contributed by atoms with Crippen LogP contribution in [0, 0.1) is 11.3 Å². The number of hydrogen-bond donors (Lipinski definition) is 3. The van der Waals surface area contributed by atoms with Gasteiger partial charge in [0.25, 0.3) is 0 Å². The van der Waals surface area contributed by atoms with E-state index >= 15 is 4.79 Å². The molecule has 1 spiro atoms. The average molecular weight is 825 g/mol. The van der Waals surface area contributed by atoms with E-state index in [0.29, 0.717) is 76.0 Å². The molecule has 5 aliphatic heterocycles. The first-order chi connectivity index (χ1) is 28.7. The Kier molecular flexibility index (Phi) is 9.77. The van der Waals surface area contributed by atoms with Crippen molar-refractivity contribution in [2.75, 3.05) is 66.0 Å². The topological polar surface area (TPSA) is 154 Å². The maximum Gasteiger partial charge on any atom is 0.344 e. The molecule has 6 aliphatic rings. The van der Waals surface area contributed by atoms with Crippen LogP contribution >= 0.6 is 0 Å². The summed E-state index contributed by atoms with van der Waals surface area (Å²) in [6.07, 6.45) is 6.84. The van der Waals surface area contributed by atoms with Crippen molar-refractivity contribution < 1.29 is 43.5 Å². The second kappa shape index (κ2) is 14.3. The maximum absolute atomic E-state index is 15.4. The number of esters is 3. The molecule has 9 rings (SSSR count). The van der Waals surface area contributed by atoms with Crippen LogP contribution in [0.15, 0.2) is 48.6 Å². The highest BCUT2D eigenvalue weighted by atomic mass is 16.6. The summed E-state index contributed by atoms with van der Waals surface area (Å²) in [6, 6.07) is 11.0. The summed E-state index contributed by atoms with van der Waals surface area (Å²) >= 11 is 0. The third-order valence-corrected chi connectivity index (χ3v) is 15.8. The first kappa shape index (κ1) is 40.9. The van der Waals surface area contributed by atoms with E-state index in [0.717, 1.165) is 46.4 Å². The van der Waals surface area contributed by atoms with Crippen LogP contribution in [-0.2, 0) is 45.8 Å². The number of ether oxygens (including phenoxy) is 4. The van der Waals surface area contributed by atoms with E-state index in [1.165, 1.54) is 21.1 Å². The lowest BCUT2D eigenvalue weighted by Gasteiger charge is -2.63. The molecule has 60 heavy (non-hydrogen) atoms. The number of fused-ring (bicyclic) bond motifs is 6. The maximum atomic E-state index is 15.4. The Bertz CT molecular complexity index is 2270. The summed E-state index contributed by atoms with van der Waals surface area (Å²) in [6.45, 7) is 8.77. The van der Waals surface area contributed by atoms with Crippen LogP contribution in [0.1, 0.15) is 81.7 Å².